The molecular weight excluding hydrogens is 504 g/mol. The number of rotatable bonds is 10. The fourth-order valence-corrected chi connectivity index (χ4v) is 4.04. The van der Waals surface area contributed by atoms with Crippen molar-refractivity contribution in [3.05, 3.63) is 119 Å². The van der Waals surface area contributed by atoms with Gasteiger partial charge in [-0.2, -0.15) is 0 Å². The maximum atomic E-state index is 13.1. The number of fused-ring (bicyclic) bond motifs is 1. The highest BCUT2D eigenvalue weighted by Crippen LogP contribution is 2.22. The third kappa shape index (κ3) is 6.78. The molecule has 0 aliphatic carbocycles. The van der Waals surface area contributed by atoms with Gasteiger partial charge in [-0.1, -0.05) is 60.7 Å². The molecule has 1 amide bonds. The van der Waals surface area contributed by atoms with Gasteiger partial charge in [-0.05, 0) is 65.6 Å². The highest BCUT2D eigenvalue weighted by atomic mass is 35.5. The van der Waals surface area contributed by atoms with Crippen molar-refractivity contribution in [2.45, 2.75) is 12.5 Å². The van der Waals surface area contributed by atoms with Crippen molar-refractivity contribution in [3.63, 3.8) is 0 Å². The Labute approximate surface area is 224 Å². The lowest BCUT2D eigenvalue weighted by Gasteiger charge is -2.18. The molecule has 0 bridgehead atoms. The number of halogens is 1. The van der Waals surface area contributed by atoms with E-state index in [1.54, 1.807) is 54.6 Å². The van der Waals surface area contributed by atoms with Crippen LogP contribution in [0.1, 0.15) is 37.5 Å². The molecule has 1 heterocycles. The van der Waals surface area contributed by atoms with E-state index in [1.807, 2.05) is 24.3 Å². The van der Waals surface area contributed by atoms with Crippen LogP contribution in [-0.2, 0) is 11.2 Å². The van der Waals surface area contributed by atoms with Crippen LogP contribution in [0.3, 0.4) is 0 Å². The highest BCUT2D eigenvalue weighted by molar-refractivity contribution is 6.30. The van der Waals surface area contributed by atoms with Gasteiger partial charge in [0.1, 0.15) is 18.1 Å². The van der Waals surface area contributed by atoms with Crippen molar-refractivity contribution >= 4 is 46.5 Å². The largest absolute Gasteiger partial charge is 0.508 e. The molecule has 8 heteroatoms. The number of aromatic carboxylic acids is 1. The number of carbonyl (C=O) groups excluding carboxylic acids is 1. The van der Waals surface area contributed by atoms with Crippen LogP contribution in [0, 0.1) is 0 Å². The minimum Gasteiger partial charge on any atom is -0.508 e. The van der Waals surface area contributed by atoms with E-state index in [2.05, 4.69) is 16.9 Å². The van der Waals surface area contributed by atoms with Gasteiger partial charge in [0.2, 0.25) is 0 Å². The van der Waals surface area contributed by atoms with Gasteiger partial charge in [0.05, 0.1) is 23.4 Å². The van der Waals surface area contributed by atoms with Gasteiger partial charge in [-0.25, -0.2) is 9.78 Å². The Morgan fingerprint density at radius 1 is 1.00 bits per heavy atom. The van der Waals surface area contributed by atoms with Gasteiger partial charge >= 0.3 is 5.97 Å². The minimum absolute atomic E-state index is 0.0198. The fourth-order valence-electron chi connectivity index (χ4n) is 3.92. The molecule has 7 nitrogen and oxygen atoms in total. The number of nitrogens with zero attached hydrogens (tertiary/aromatic N) is 1. The van der Waals surface area contributed by atoms with Crippen LogP contribution in [0.25, 0.3) is 23.1 Å². The summed E-state index contributed by atoms with van der Waals surface area (Å²) in [7, 11) is 0. The Morgan fingerprint density at radius 2 is 1.68 bits per heavy atom. The van der Waals surface area contributed by atoms with Crippen LogP contribution in [0.4, 0.5) is 0 Å². The van der Waals surface area contributed by atoms with E-state index in [1.165, 1.54) is 12.3 Å². The summed E-state index contributed by atoms with van der Waals surface area (Å²) in [5.74, 6) is -1.56. The molecule has 1 atom stereocenters. The number of phenolic OH excluding ortho intramolecular Hbond substituents is 1. The second-order valence-corrected chi connectivity index (χ2v) is 9.00. The van der Waals surface area contributed by atoms with Gasteiger partial charge < -0.3 is 20.3 Å². The monoisotopic (exact) mass is 528 g/mol. The molecule has 0 aliphatic rings. The molecule has 3 aromatic carbocycles. The Bertz CT molecular complexity index is 1500. The second-order valence-electron chi connectivity index (χ2n) is 8.56. The highest BCUT2D eigenvalue weighted by Gasteiger charge is 2.20. The number of amides is 1. The summed E-state index contributed by atoms with van der Waals surface area (Å²) in [5.41, 5.74) is 2.94. The summed E-state index contributed by atoms with van der Waals surface area (Å²) in [4.78, 5) is 29.7. The Hall–Kier alpha value is -4.62. The van der Waals surface area contributed by atoms with Crippen molar-refractivity contribution in [1.82, 2.24) is 10.3 Å². The lowest BCUT2D eigenvalue weighted by Crippen LogP contribution is -2.40. The van der Waals surface area contributed by atoms with Crippen molar-refractivity contribution in [1.29, 1.82) is 0 Å². The first-order valence-corrected chi connectivity index (χ1v) is 12.1. The van der Waals surface area contributed by atoms with E-state index < -0.39 is 17.9 Å². The summed E-state index contributed by atoms with van der Waals surface area (Å²) < 4.78 is 5.31. The number of aromatic hydroxyl groups is 1. The normalized spacial score (nSPS) is 11.8. The molecule has 0 aliphatic heterocycles. The molecule has 4 aromatic rings. The SMILES string of the molecule is C=COC[C@H](Cc1ccc(O)cc1)NC(=O)c1cc(C(=O)O)c2cc(/C=C/c3ccc(Cl)cc3)ccc2n1. The van der Waals surface area contributed by atoms with E-state index in [0.29, 0.717) is 22.3 Å². The van der Waals surface area contributed by atoms with Gasteiger partial charge in [0, 0.05) is 10.4 Å². The third-order valence-corrected chi connectivity index (χ3v) is 6.05. The maximum absolute atomic E-state index is 13.1. The van der Waals surface area contributed by atoms with Crippen molar-refractivity contribution < 1.29 is 24.5 Å². The van der Waals surface area contributed by atoms with Crippen LogP contribution in [0.5, 0.6) is 5.75 Å². The van der Waals surface area contributed by atoms with Crippen LogP contribution >= 0.6 is 11.6 Å². The molecule has 0 spiro atoms. The molecule has 4 rings (SSSR count). The number of ether oxygens (including phenoxy) is 1. The standard InChI is InChI=1S/C30H25ClN2O5/c1-2-38-18-23(15-20-7-12-24(34)13-8-20)32-29(35)28-17-26(30(36)37)25-16-21(9-14-27(25)33-28)4-3-19-5-10-22(31)11-6-19/h2-14,16-17,23,34H,1,15,18H2,(H,32,35)(H,36,37)/b4-3+/t23-/m0/s1. The first kappa shape index (κ1) is 26.4. The first-order chi connectivity index (χ1) is 18.3. The zero-order valence-corrected chi connectivity index (χ0v) is 21.1. The summed E-state index contributed by atoms with van der Waals surface area (Å²) in [6, 6.07) is 20.0. The zero-order chi connectivity index (χ0) is 27.1. The quantitative estimate of drug-likeness (QED) is 0.173. The van der Waals surface area contributed by atoms with E-state index in [4.69, 9.17) is 16.3 Å². The summed E-state index contributed by atoms with van der Waals surface area (Å²) in [6.07, 6.45) is 5.46. The lowest BCUT2D eigenvalue weighted by molar-refractivity contribution is 0.0699. The molecule has 0 unspecified atom stereocenters. The first-order valence-electron chi connectivity index (χ1n) is 11.8. The fraction of sp³-hybridized carbons (Fsp3) is 0.100. The topological polar surface area (TPSA) is 109 Å². The molecule has 1 aromatic heterocycles. The molecule has 0 saturated carbocycles. The minimum atomic E-state index is -1.17. The van der Waals surface area contributed by atoms with E-state index in [0.717, 1.165) is 16.7 Å². The number of carbonyl (C=O) groups is 2. The number of benzene rings is 3. The maximum Gasteiger partial charge on any atom is 0.336 e. The molecule has 0 fully saturated rings. The molecule has 0 saturated heterocycles. The van der Waals surface area contributed by atoms with Gasteiger partial charge in [0.15, 0.2) is 0 Å². The number of nitrogens with one attached hydrogen (secondary N) is 1. The molecule has 38 heavy (non-hydrogen) atoms. The smallest absolute Gasteiger partial charge is 0.336 e. The molecule has 0 radical (unpaired) electrons. The predicted octanol–water partition coefficient (Wildman–Crippen LogP) is 5.96. The van der Waals surface area contributed by atoms with Crippen LogP contribution in [0.15, 0.2) is 85.6 Å². The average molecular weight is 529 g/mol. The third-order valence-electron chi connectivity index (χ3n) is 5.80. The van der Waals surface area contributed by atoms with E-state index in [-0.39, 0.29) is 23.6 Å². The summed E-state index contributed by atoms with van der Waals surface area (Å²) in [5, 5.41) is 23.3. The number of carboxylic acids is 1. The number of phenols is 1. The lowest BCUT2D eigenvalue weighted by atomic mass is 10.0. The molecular formula is C30H25ClN2O5. The van der Waals surface area contributed by atoms with Crippen molar-refractivity contribution in [2.75, 3.05) is 6.61 Å². The number of pyridine rings is 1. The molecule has 3 N–H and O–H groups in total. The van der Waals surface area contributed by atoms with Crippen LogP contribution in [0.2, 0.25) is 5.02 Å². The van der Waals surface area contributed by atoms with Gasteiger partial charge in [-0.3, -0.25) is 4.79 Å². The van der Waals surface area contributed by atoms with E-state index >= 15 is 0 Å². The summed E-state index contributed by atoms with van der Waals surface area (Å²) in [6.45, 7) is 3.69. The van der Waals surface area contributed by atoms with Gasteiger partial charge in [-0.15, -0.1) is 0 Å². The number of hydrogen-bond donors (Lipinski definition) is 3. The number of hydrogen-bond acceptors (Lipinski definition) is 5. The van der Waals surface area contributed by atoms with Crippen molar-refractivity contribution in [2.24, 2.45) is 0 Å². The Morgan fingerprint density at radius 3 is 2.37 bits per heavy atom. The van der Waals surface area contributed by atoms with E-state index in [9.17, 15) is 19.8 Å². The average Bonchev–Trinajstić information content (AvgIpc) is 2.91. The molecule has 192 valence electrons. The van der Waals surface area contributed by atoms with Crippen LogP contribution < -0.4 is 5.32 Å². The Kier molecular flexibility index (Phi) is 8.40. The second kappa shape index (κ2) is 12.1. The zero-order valence-electron chi connectivity index (χ0n) is 20.3. The number of carboxylic acid groups (broad SMARTS) is 1. The van der Waals surface area contributed by atoms with Gasteiger partial charge in [0.25, 0.3) is 5.91 Å². The van der Waals surface area contributed by atoms with Crippen LogP contribution in [-0.4, -0.2) is 39.7 Å². The predicted molar refractivity (Wildman–Crippen MR) is 148 cm³/mol. The summed E-state index contributed by atoms with van der Waals surface area (Å²) >= 11 is 5.93. The number of aromatic nitrogens is 1. The Balaban J connectivity index is 1.59. The van der Waals surface area contributed by atoms with Crippen molar-refractivity contribution in [3.8, 4) is 5.75 Å².